The third-order valence-electron chi connectivity index (χ3n) is 12.3. The smallest absolute Gasteiger partial charge is 0.306 e. The first-order valence-corrected chi connectivity index (χ1v) is 29.4. The molecule has 0 aromatic carbocycles. The minimum atomic E-state index is -0.818. The zero-order chi connectivity index (χ0) is 51.4. The van der Waals surface area contributed by atoms with E-state index < -0.39 is 6.10 Å². The maximum absolute atomic E-state index is 12.8. The van der Waals surface area contributed by atoms with E-state index in [1.807, 2.05) is 12.2 Å². The van der Waals surface area contributed by atoms with Crippen LogP contribution in [-0.2, 0) is 28.6 Å². The van der Waals surface area contributed by atoms with Crippen molar-refractivity contribution in [1.29, 1.82) is 0 Å². The van der Waals surface area contributed by atoms with Crippen LogP contribution in [0.1, 0.15) is 265 Å². The Labute approximate surface area is 438 Å². The SMILES string of the molecule is CC/C=C\C/C=C\C/C=C\C/C=C\CCC(=O)OCC(COC(=O)CCCCCCCCCCCCCCC/C=C\C/C=C\CCCCCCC)OC(=O)CCCCCCC/C=C\C/C=C\C/C=C\CC. The van der Waals surface area contributed by atoms with E-state index in [4.69, 9.17) is 14.2 Å². The second kappa shape index (κ2) is 58.6. The summed E-state index contributed by atoms with van der Waals surface area (Å²) >= 11 is 0. The summed E-state index contributed by atoms with van der Waals surface area (Å²) in [5.41, 5.74) is 0. The molecular formula is C65H108O6. The van der Waals surface area contributed by atoms with Gasteiger partial charge < -0.3 is 14.2 Å². The number of unbranched alkanes of at least 4 members (excludes halogenated alkanes) is 23. The second-order valence-corrected chi connectivity index (χ2v) is 19.1. The molecule has 0 N–H and O–H groups in total. The molecule has 0 aliphatic carbocycles. The summed E-state index contributed by atoms with van der Waals surface area (Å²) in [5.74, 6) is -1.01. The molecule has 0 aromatic rings. The van der Waals surface area contributed by atoms with Crippen LogP contribution in [0.5, 0.6) is 0 Å². The first-order chi connectivity index (χ1) is 35.0. The van der Waals surface area contributed by atoms with Crippen molar-refractivity contribution in [3.8, 4) is 0 Å². The molecule has 0 spiro atoms. The van der Waals surface area contributed by atoms with Crippen LogP contribution in [0, 0.1) is 0 Å². The predicted octanol–water partition coefficient (Wildman–Crippen LogP) is 19.9. The standard InChI is InChI=1S/C65H108O6/c1-4-7-10-13-16-19-22-25-27-28-29-30-31-32-33-34-35-36-38-40-43-46-49-52-55-58-64(67)70-61-62(60-69-63(66)57-54-51-48-45-42-39-24-21-18-15-12-9-6-3)71-65(68)59-56-53-50-47-44-41-37-26-23-20-17-14-11-8-5-2/h8-9,11-12,17-18,20-22,25-26,28-29,37,39,42,48,51,62H,4-7,10,13-16,19,23-24,27,30-36,38,40-41,43-47,49-50,52-61H2,1-3H3/b11-8-,12-9-,20-17-,21-18-,25-22-,29-28-,37-26-,42-39-,51-48-. The summed E-state index contributed by atoms with van der Waals surface area (Å²) in [6.07, 6.45) is 79.6. The lowest BCUT2D eigenvalue weighted by Gasteiger charge is -2.18. The van der Waals surface area contributed by atoms with Crippen LogP contribution in [0.25, 0.3) is 0 Å². The van der Waals surface area contributed by atoms with Gasteiger partial charge in [-0.05, 0) is 109 Å². The fourth-order valence-electron chi connectivity index (χ4n) is 7.91. The zero-order valence-electron chi connectivity index (χ0n) is 46.2. The van der Waals surface area contributed by atoms with Crippen molar-refractivity contribution in [3.05, 3.63) is 109 Å². The molecule has 6 nitrogen and oxygen atoms in total. The van der Waals surface area contributed by atoms with Crippen molar-refractivity contribution in [2.75, 3.05) is 13.2 Å². The highest BCUT2D eigenvalue weighted by Crippen LogP contribution is 2.15. The topological polar surface area (TPSA) is 78.9 Å². The lowest BCUT2D eigenvalue weighted by molar-refractivity contribution is -0.166. The summed E-state index contributed by atoms with van der Waals surface area (Å²) in [4.78, 5) is 38.1. The van der Waals surface area contributed by atoms with Crippen molar-refractivity contribution >= 4 is 17.9 Å². The van der Waals surface area contributed by atoms with Gasteiger partial charge in [0.15, 0.2) is 6.10 Å². The second-order valence-electron chi connectivity index (χ2n) is 19.1. The van der Waals surface area contributed by atoms with Crippen LogP contribution in [0.4, 0.5) is 0 Å². The molecule has 0 saturated heterocycles. The van der Waals surface area contributed by atoms with Gasteiger partial charge in [0.1, 0.15) is 13.2 Å². The molecule has 0 amide bonds. The quantitative estimate of drug-likeness (QED) is 0.0261. The molecule has 71 heavy (non-hydrogen) atoms. The number of carbonyl (C=O) groups excluding carboxylic acids is 3. The molecule has 0 saturated carbocycles. The normalized spacial score (nSPS) is 12.9. The van der Waals surface area contributed by atoms with Crippen molar-refractivity contribution in [2.45, 2.75) is 271 Å². The van der Waals surface area contributed by atoms with Gasteiger partial charge in [-0.3, -0.25) is 14.4 Å². The minimum absolute atomic E-state index is 0.108. The Morgan fingerprint density at radius 2 is 0.577 bits per heavy atom. The number of carbonyl (C=O) groups is 3. The summed E-state index contributed by atoms with van der Waals surface area (Å²) in [6.45, 7) is 6.33. The number of hydrogen-bond acceptors (Lipinski definition) is 6. The van der Waals surface area contributed by atoms with Crippen LogP contribution in [-0.4, -0.2) is 37.2 Å². The summed E-state index contributed by atoms with van der Waals surface area (Å²) in [7, 11) is 0. The van der Waals surface area contributed by atoms with Crippen LogP contribution in [0.2, 0.25) is 0 Å². The average molecular weight is 986 g/mol. The first-order valence-electron chi connectivity index (χ1n) is 29.4. The van der Waals surface area contributed by atoms with E-state index in [0.29, 0.717) is 19.3 Å². The molecule has 0 heterocycles. The van der Waals surface area contributed by atoms with Crippen molar-refractivity contribution in [3.63, 3.8) is 0 Å². The van der Waals surface area contributed by atoms with E-state index >= 15 is 0 Å². The highest BCUT2D eigenvalue weighted by Gasteiger charge is 2.19. The molecule has 404 valence electrons. The number of ether oxygens (including phenoxy) is 3. The van der Waals surface area contributed by atoms with Crippen molar-refractivity contribution in [1.82, 2.24) is 0 Å². The Morgan fingerprint density at radius 3 is 0.944 bits per heavy atom. The largest absolute Gasteiger partial charge is 0.462 e. The lowest BCUT2D eigenvalue weighted by atomic mass is 10.0. The number of allylic oxidation sites excluding steroid dienone is 18. The zero-order valence-corrected chi connectivity index (χ0v) is 46.2. The number of rotatable bonds is 52. The molecule has 0 aromatic heterocycles. The summed E-state index contributed by atoms with van der Waals surface area (Å²) < 4.78 is 16.8. The van der Waals surface area contributed by atoms with E-state index in [0.717, 1.165) is 109 Å². The van der Waals surface area contributed by atoms with E-state index in [9.17, 15) is 14.4 Å². The van der Waals surface area contributed by atoms with Crippen LogP contribution in [0.3, 0.4) is 0 Å². The highest BCUT2D eigenvalue weighted by atomic mass is 16.6. The maximum atomic E-state index is 12.8. The van der Waals surface area contributed by atoms with Gasteiger partial charge in [-0.15, -0.1) is 0 Å². The predicted molar refractivity (Wildman–Crippen MR) is 307 cm³/mol. The molecule has 0 bridgehead atoms. The fraction of sp³-hybridized carbons (Fsp3) is 0.677. The molecule has 0 rings (SSSR count). The van der Waals surface area contributed by atoms with Crippen molar-refractivity contribution < 1.29 is 28.6 Å². The van der Waals surface area contributed by atoms with Crippen molar-refractivity contribution in [2.24, 2.45) is 0 Å². The molecule has 6 heteroatoms. The van der Waals surface area contributed by atoms with E-state index in [1.54, 1.807) is 0 Å². The fourth-order valence-corrected chi connectivity index (χ4v) is 7.91. The third kappa shape index (κ3) is 56.9. The number of esters is 3. The molecule has 0 aliphatic rings. The Hall–Kier alpha value is -3.93. The molecule has 1 atom stereocenters. The lowest BCUT2D eigenvalue weighted by Crippen LogP contribution is -2.30. The van der Waals surface area contributed by atoms with Crippen LogP contribution < -0.4 is 0 Å². The highest BCUT2D eigenvalue weighted by molar-refractivity contribution is 5.71. The van der Waals surface area contributed by atoms with E-state index in [2.05, 4.69) is 118 Å². The molecule has 0 fully saturated rings. The Kier molecular flexibility index (Phi) is 55.4. The summed E-state index contributed by atoms with van der Waals surface area (Å²) in [5, 5.41) is 0. The molecule has 0 radical (unpaired) electrons. The average Bonchev–Trinajstić information content (AvgIpc) is 3.37. The Morgan fingerprint density at radius 1 is 0.296 bits per heavy atom. The van der Waals surface area contributed by atoms with E-state index in [-0.39, 0.29) is 37.5 Å². The van der Waals surface area contributed by atoms with Gasteiger partial charge in [0, 0.05) is 19.3 Å². The van der Waals surface area contributed by atoms with Crippen LogP contribution in [0.15, 0.2) is 109 Å². The van der Waals surface area contributed by atoms with Gasteiger partial charge in [0.25, 0.3) is 0 Å². The van der Waals surface area contributed by atoms with E-state index in [1.165, 1.54) is 109 Å². The van der Waals surface area contributed by atoms with Gasteiger partial charge >= 0.3 is 17.9 Å². The maximum Gasteiger partial charge on any atom is 0.306 e. The van der Waals surface area contributed by atoms with Gasteiger partial charge in [0.05, 0.1) is 0 Å². The van der Waals surface area contributed by atoms with Gasteiger partial charge in [-0.25, -0.2) is 0 Å². The van der Waals surface area contributed by atoms with Gasteiger partial charge in [-0.2, -0.15) is 0 Å². The third-order valence-corrected chi connectivity index (χ3v) is 12.3. The Balaban J connectivity index is 4.35. The Bertz CT molecular complexity index is 1460. The monoisotopic (exact) mass is 985 g/mol. The molecular weight excluding hydrogens is 877 g/mol. The minimum Gasteiger partial charge on any atom is -0.462 e. The van der Waals surface area contributed by atoms with Gasteiger partial charge in [0.2, 0.25) is 0 Å². The summed E-state index contributed by atoms with van der Waals surface area (Å²) in [6, 6.07) is 0. The van der Waals surface area contributed by atoms with Crippen LogP contribution >= 0.6 is 0 Å². The first kappa shape index (κ1) is 67.1. The number of hydrogen-bond donors (Lipinski definition) is 0. The molecule has 1 unspecified atom stereocenters. The van der Waals surface area contributed by atoms with Gasteiger partial charge in [-0.1, -0.05) is 246 Å². The molecule has 0 aliphatic heterocycles.